The summed E-state index contributed by atoms with van der Waals surface area (Å²) >= 11 is 0. The first-order valence-electron chi connectivity index (χ1n) is 5.43. The normalized spacial score (nSPS) is 38.8. The van der Waals surface area contributed by atoms with Gasteiger partial charge >= 0.3 is 51.4 Å². The van der Waals surface area contributed by atoms with Gasteiger partial charge in [0.2, 0.25) is 0 Å². The van der Waals surface area contributed by atoms with Crippen molar-refractivity contribution in [1.29, 1.82) is 0 Å². The molecule has 4 atom stereocenters. The van der Waals surface area contributed by atoms with Gasteiger partial charge in [0.1, 0.15) is 0 Å². The molecule has 0 bridgehead atoms. The maximum absolute atomic E-state index is 2.45. The van der Waals surface area contributed by atoms with Crippen LogP contribution in [0.1, 0.15) is 27.7 Å². The van der Waals surface area contributed by atoms with Crippen molar-refractivity contribution in [3.05, 3.63) is 5.92 Å². The van der Waals surface area contributed by atoms with E-state index in [0.717, 1.165) is 23.7 Å². The van der Waals surface area contributed by atoms with Crippen molar-refractivity contribution in [3.63, 3.8) is 0 Å². The Hall–Kier alpha value is 2.07. The van der Waals surface area contributed by atoms with E-state index in [-0.39, 0.29) is 59.3 Å². The van der Waals surface area contributed by atoms with Crippen molar-refractivity contribution < 1.29 is 51.4 Å². The minimum atomic E-state index is 0. The zero-order valence-corrected chi connectivity index (χ0v) is 15.0. The standard InChI is InChI=1S/C12H24P.K/c1-8-9(2)11(4)12(10(8)3)7-13(5)6;/h8,10-12H,7H2,1-6H3;/q-1;+1. The first kappa shape index (κ1) is 16.1. The van der Waals surface area contributed by atoms with E-state index in [1.165, 1.54) is 6.16 Å². The van der Waals surface area contributed by atoms with Gasteiger partial charge < -0.3 is 5.92 Å². The Morgan fingerprint density at radius 1 is 1.07 bits per heavy atom. The van der Waals surface area contributed by atoms with E-state index < -0.39 is 0 Å². The van der Waals surface area contributed by atoms with Crippen LogP contribution in [-0.4, -0.2) is 19.5 Å². The SMILES string of the molecule is C[C-]1C(C)C(C)C(CP(C)C)C1C.[K+]. The Balaban J connectivity index is 0.00000169. The third-order valence-corrected chi connectivity index (χ3v) is 5.27. The Labute approximate surface area is 134 Å². The Kier molecular flexibility index (Phi) is 7.71. The summed E-state index contributed by atoms with van der Waals surface area (Å²) in [5, 5.41) is 0. The summed E-state index contributed by atoms with van der Waals surface area (Å²) in [5.74, 6) is 5.36. The quantitative estimate of drug-likeness (QED) is 0.380. The van der Waals surface area contributed by atoms with Gasteiger partial charge in [-0.3, -0.25) is 0 Å². The second-order valence-electron chi connectivity index (χ2n) is 5.11. The van der Waals surface area contributed by atoms with E-state index in [9.17, 15) is 0 Å². The van der Waals surface area contributed by atoms with Crippen molar-refractivity contribution in [2.24, 2.45) is 23.7 Å². The van der Waals surface area contributed by atoms with E-state index in [0.29, 0.717) is 0 Å². The first-order valence-corrected chi connectivity index (χ1v) is 7.85. The molecule has 0 radical (unpaired) electrons. The molecule has 0 heterocycles. The van der Waals surface area contributed by atoms with Crippen LogP contribution in [0.4, 0.5) is 0 Å². The van der Waals surface area contributed by atoms with Crippen molar-refractivity contribution >= 4 is 7.92 Å². The zero-order valence-electron chi connectivity index (χ0n) is 11.0. The van der Waals surface area contributed by atoms with Gasteiger partial charge in [-0.15, -0.1) is 7.92 Å². The molecule has 2 heteroatoms. The monoisotopic (exact) mass is 238 g/mol. The molecule has 14 heavy (non-hydrogen) atoms. The van der Waals surface area contributed by atoms with Crippen LogP contribution < -0.4 is 51.4 Å². The fourth-order valence-electron chi connectivity index (χ4n) is 2.74. The van der Waals surface area contributed by atoms with E-state index >= 15 is 0 Å². The molecule has 4 unspecified atom stereocenters. The van der Waals surface area contributed by atoms with Crippen molar-refractivity contribution in [1.82, 2.24) is 0 Å². The topological polar surface area (TPSA) is 0 Å². The molecule has 0 aromatic rings. The largest absolute Gasteiger partial charge is 1.00 e. The molecule has 0 N–H and O–H groups in total. The Morgan fingerprint density at radius 3 is 1.86 bits per heavy atom. The predicted molar refractivity (Wildman–Crippen MR) is 63.5 cm³/mol. The molecule has 0 spiro atoms. The Bertz CT molecular complexity index is 156. The van der Waals surface area contributed by atoms with Gasteiger partial charge in [0.25, 0.3) is 0 Å². The van der Waals surface area contributed by atoms with E-state index in [4.69, 9.17) is 0 Å². The van der Waals surface area contributed by atoms with Crippen LogP contribution in [0.5, 0.6) is 0 Å². The summed E-state index contributed by atoms with van der Waals surface area (Å²) in [6, 6.07) is 0. The second kappa shape index (κ2) is 6.72. The smallest absolute Gasteiger partial charge is 0.311 e. The molecule has 0 saturated heterocycles. The summed E-state index contributed by atoms with van der Waals surface area (Å²) in [6.45, 7) is 14.5. The van der Waals surface area contributed by atoms with Gasteiger partial charge in [-0.25, -0.2) is 0 Å². The van der Waals surface area contributed by atoms with E-state index in [1.807, 2.05) is 0 Å². The molecule has 1 aliphatic rings. The molecule has 0 amide bonds. The van der Waals surface area contributed by atoms with Gasteiger partial charge in [-0.05, 0) is 19.5 Å². The first-order chi connectivity index (χ1) is 5.95. The van der Waals surface area contributed by atoms with E-state index in [1.54, 1.807) is 5.92 Å². The molecule has 0 aromatic heterocycles. The number of hydrogen-bond donors (Lipinski definition) is 0. The summed E-state index contributed by atoms with van der Waals surface area (Å²) in [6.07, 6.45) is 1.47. The molecule has 0 aromatic carbocycles. The third-order valence-electron chi connectivity index (χ3n) is 4.12. The van der Waals surface area contributed by atoms with Gasteiger partial charge in [0.15, 0.2) is 0 Å². The summed E-state index contributed by atoms with van der Waals surface area (Å²) in [7, 11) is 0.284. The van der Waals surface area contributed by atoms with Gasteiger partial charge in [0.05, 0.1) is 0 Å². The second-order valence-corrected chi connectivity index (χ2v) is 7.63. The predicted octanol–water partition coefficient (Wildman–Crippen LogP) is 0.864. The maximum Gasteiger partial charge on any atom is 1.00 e. The van der Waals surface area contributed by atoms with Crippen LogP contribution >= 0.6 is 7.92 Å². The average molecular weight is 238 g/mol. The molecular weight excluding hydrogens is 214 g/mol. The molecule has 1 aliphatic carbocycles. The molecular formula is C12H24KP. The number of hydrogen-bond acceptors (Lipinski definition) is 0. The van der Waals surface area contributed by atoms with Gasteiger partial charge in [-0.2, -0.15) is 18.8 Å². The maximum atomic E-state index is 2.45. The van der Waals surface area contributed by atoms with E-state index in [2.05, 4.69) is 41.0 Å². The fourth-order valence-corrected chi connectivity index (χ4v) is 4.23. The zero-order chi connectivity index (χ0) is 10.2. The average Bonchev–Trinajstić information content (AvgIpc) is 2.22. The molecule has 1 rings (SSSR count). The van der Waals surface area contributed by atoms with Crippen LogP contribution in [0.15, 0.2) is 0 Å². The van der Waals surface area contributed by atoms with Gasteiger partial charge in [-0.1, -0.05) is 32.6 Å². The minimum absolute atomic E-state index is 0. The molecule has 1 fully saturated rings. The third kappa shape index (κ3) is 3.53. The minimum Gasteiger partial charge on any atom is -0.311 e. The summed E-state index contributed by atoms with van der Waals surface area (Å²) in [5.41, 5.74) is 0. The number of rotatable bonds is 2. The van der Waals surface area contributed by atoms with Crippen molar-refractivity contribution in [2.75, 3.05) is 19.5 Å². The molecule has 78 valence electrons. The molecule has 0 nitrogen and oxygen atoms in total. The van der Waals surface area contributed by atoms with Crippen molar-refractivity contribution in [3.8, 4) is 0 Å². The van der Waals surface area contributed by atoms with Gasteiger partial charge in [0, 0.05) is 0 Å². The van der Waals surface area contributed by atoms with Crippen LogP contribution in [0.25, 0.3) is 0 Å². The fraction of sp³-hybridized carbons (Fsp3) is 0.917. The summed E-state index contributed by atoms with van der Waals surface area (Å²) < 4.78 is 0. The van der Waals surface area contributed by atoms with Crippen LogP contribution in [-0.2, 0) is 0 Å². The summed E-state index contributed by atoms with van der Waals surface area (Å²) in [4.78, 5) is 0. The van der Waals surface area contributed by atoms with Crippen molar-refractivity contribution in [2.45, 2.75) is 27.7 Å². The molecule has 1 saturated carbocycles. The Morgan fingerprint density at radius 2 is 1.57 bits per heavy atom. The van der Waals surface area contributed by atoms with Crippen LogP contribution in [0.3, 0.4) is 0 Å². The van der Waals surface area contributed by atoms with Crippen LogP contribution in [0.2, 0.25) is 0 Å². The molecule has 0 aliphatic heterocycles. The van der Waals surface area contributed by atoms with Crippen LogP contribution in [0, 0.1) is 29.6 Å².